The van der Waals surface area contributed by atoms with Crippen LogP contribution in [0.5, 0.6) is 0 Å². The van der Waals surface area contributed by atoms with E-state index in [1.54, 1.807) is 0 Å². The van der Waals surface area contributed by atoms with E-state index in [0.29, 0.717) is 6.61 Å². The lowest BCUT2D eigenvalue weighted by molar-refractivity contribution is -0.0182. The predicted octanol–water partition coefficient (Wildman–Crippen LogP) is 3.54. The van der Waals surface area contributed by atoms with Crippen LogP contribution >= 0.6 is 15.9 Å². The largest absolute Gasteiger partial charge is 0.370 e. The van der Waals surface area contributed by atoms with Gasteiger partial charge in [-0.1, -0.05) is 6.92 Å². The van der Waals surface area contributed by atoms with Crippen molar-refractivity contribution in [1.82, 2.24) is 9.78 Å². The van der Waals surface area contributed by atoms with Gasteiger partial charge in [0.05, 0.1) is 28.1 Å². The molecule has 0 aliphatic rings. The number of ether oxygens (including phenoxy) is 1. The van der Waals surface area contributed by atoms with Gasteiger partial charge < -0.3 is 4.74 Å². The van der Waals surface area contributed by atoms with Crippen molar-refractivity contribution in [2.24, 2.45) is 0 Å². The molecule has 0 fully saturated rings. The summed E-state index contributed by atoms with van der Waals surface area (Å²) in [5.74, 6) is 0. The smallest absolute Gasteiger partial charge is 0.0903 e. The van der Waals surface area contributed by atoms with Gasteiger partial charge in [-0.05, 0) is 50.0 Å². The summed E-state index contributed by atoms with van der Waals surface area (Å²) in [5, 5.41) is 4.54. The maximum absolute atomic E-state index is 5.81. The third-order valence-corrected chi connectivity index (χ3v) is 3.25. The second-order valence-electron chi connectivity index (χ2n) is 4.78. The Hall–Kier alpha value is -0.350. The molecule has 0 aliphatic heterocycles. The van der Waals surface area contributed by atoms with Crippen LogP contribution in [0.15, 0.2) is 4.47 Å². The molecule has 0 aromatic carbocycles. The van der Waals surface area contributed by atoms with E-state index in [1.807, 2.05) is 4.68 Å². The van der Waals surface area contributed by atoms with Crippen molar-refractivity contribution in [2.45, 2.75) is 59.8 Å². The van der Waals surface area contributed by atoms with Crippen molar-refractivity contribution in [3.8, 4) is 0 Å². The Kier molecular flexibility index (Phi) is 4.56. The molecular formula is C12H21BrN2O. The van der Waals surface area contributed by atoms with Crippen LogP contribution < -0.4 is 0 Å². The maximum Gasteiger partial charge on any atom is 0.0903 e. The van der Waals surface area contributed by atoms with Gasteiger partial charge in [0.15, 0.2) is 0 Å². The molecule has 0 N–H and O–H groups in total. The molecule has 0 atom stereocenters. The molecule has 1 rings (SSSR count). The molecule has 0 unspecified atom stereocenters. The Morgan fingerprint density at radius 1 is 1.31 bits per heavy atom. The highest BCUT2D eigenvalue weighted by Crippen LogP contribution is 2.24. The highest BCUT2D eigenvalue weighted by atomic mass is 79.9. The third-order valence-electron chi connectivity index (χ3n) is 2.34. The Labute approximate surface area is 106 Å². The first-order chi connectivity index (χ1) is 7.39. The highest BCUT2D eigenvalue weighted by Gasteiger charge is 2.17. The third kappa shape index (κ3) is 3.32. The molecule has 1 aromatic heterocycles. The molecule has 0 saturated carbocycles. The summed E-state index contributed by atoms with van der Waals surface area (Å²) < 4.78 is 8.91. The van der Waals surface area contributed by atoms with Gasteiger partial charge in [-0.3, -0.25) is 4.68 Å². The van der Waals surface area contributed by atoms with E-state index >= 15 is 0 Å². The first-order valence-electron chi connectivity index (χ1n) is 5.77. The zero-order valence-electron chi connectivity index (χ0n) is 10.8. The topological polar surface area (TPSA) is 27.1 Å². The molecular weight excluding hydrogens is 268 g/mol. The van der Waals surface area contributed by atoms with Crippen LogP contribution in [0.3, 0.4) is 0 Å². The van der Waals surface area contributed by atoms with Gasteiger partial charge in [0.25, 0.3) is 0 Å². The van der Waals surface area contributed by atoms with Gasteiger partial charge in [0.1, 0.15) is 0 Å². The fourth-order valence-electron chi connectivity index (χ4n) is 1.44. The molecule has 0 amide bonds. The van der Waals surface area contributed by atoms with Crippen molar-refractivity contribution >= 4 is 15.9 Å². The van der Waals surface area contributed by atoms with E-state index in [1.165, 1.54) is 0 Å². The molecule has 0 bridgehead atoms. The van der Waals surface area contributed by atoms with Gasteiger partial charge in [0.2, 0.25) is 0 Å². The molecule has 1 heterocycles. The molecule has 1 aromatic rings. The summed E-state index contributed by atoms with van der Waals surface area (Å²) in [4.78, 5) is 0. The Morgan fingerprint density at radius 3 is 2.38 bits per heavy atom. The standard InChI is InChI=1S/C12H21BrN2O/c1-6-9-11(13)10(15(7-2)14-9)8-16-12(3,4)5/h6-8H2,1-5H3. The lowest BCUT2D eigenvalue weighted by atomic mass is 10.2. The van der Waals surface area contributed by atoms with Crippen LogP contribution in [0.2, 0.25) is 0 Å². The van der Waals surface area contributed by atoms with Crippen molar-refractivity contribution in [2.75, 3.05) is 0 Å². The number of hydrogen-bond acceptors (Lipinski definition) is 2. The summed E-state index contributed by atoms with van der Waals surface area (Å²) in [6.45, 7) is 11.9. The first kappa shape index (κ1) is 13.7. The van der Waals surface area contributed by atoms with Crippen LogP contribution in [-0.2, 0) is 24.3 Å². The normalized spacial score (nSPS) is 12.1. The Balaban J connectivity index is 2.89. The van der Waals surface area contributed by atoms with E-state index in [-0.39, 0.29) is 5.60 Å². The van der Waals surface area contributed by atoms with Crippen molar-refractivity contribution < 1.29 is 4.74 Å². The van der Waals surface area contributed by atoms with Crippen LogP contribution in [0.4, 0.5) is 0 Å². The van der Waals surface area contributed by atoms with Crippen LogP contribution in [0.25, 0.3) is 0 Å². The zero-order chi connectivity index (χ0) is 12.3. The van der Waals surface area contributed by atoms with Crippen molar-refractivity contribution in [1.29, 1.82) is 0 Å². The van der Waals surface area contributed by atoms with E-state index in [0.717, 1.165) is 28.8 Å². The fourth-order valence-corrected chi connectivity index (χ4v) is 2.12. The van der Waals surface area contributed by atoms with Crippen LogP contribution in [-0.4, -0.2) is 15.4 Å². The molecule has 0 saturated heterocycles. The van der Waals surface area contributed by atoms with Gasteiger partial charge in [0, 0.05) is 6.54 Å². The lowest BCUT2D eigenvalue weighted by Gasteiger charge is -2.19. The number of aryl methyl sites for hydroxylation is 2. The van der Waals surface area contributed by atoms with Crippen molar-refractivity contribution in [3.63, 3.8) is 0 Å². The summed E-state index contributed by atoms with van der Waals surface area (Å²) in [7, 11) is 0. The molecule has 0 spiro atoms. The predicted molar refractivity (Wildman–Crippen MR) is 69.5 cm³/mol. The number of aromatic nitrogens is 2. The minimum absolute atomic E-state index is 0.116. The van der Waals surface area contributed by atoms with E-state index in [4.69, 9.17) is 4.74 Å². The van der Waals surface area contributed by atoms with E-state index in [2.05, 4.69) is 55.6 Å². The van der Waals surface area contributed by atoms with Gasteiger partial charge >= 0.3 is 0 Å². The van der Waals surface area contributed by atoms with E-state index < -0.39 is 0 Å². The second-order valence-corrected chi connectivity index (χ2v) is 5.57. The zero-order valence-corrected chi connectivity index (χ0v) is 12.4. The van der Waals surface area contributed by atoms with Gasteiger partial charge in [-0.2, -0.15) is 5.10 Å². The Morgan fingerprint density at radius 2 is 1.94 bits per heavy atom. The average molecular weight is 289 g/mol. The summed E-state index contributed by atoms with van der Waals surface area (Å²) in [5.41, 5.74) is 2.12. The fraction of sp³-hybridized carbons (Fsp3) is 0.750. The maximum atomic E-state index is 5.81. The number of nitrogens with zero attached hydrogens (tertiary/aromatic N) is 2. The summed E-state index contributed by atoms with van der Waals surface area (Å²) in [6, 6.07) is 0. The Bertz CT molecular complexity index is 353. The molecule has 92 valence electrons. The van der Waals surface area contributed by atoms with Crippen LogP contribution in [0.1, 0.15) is 46.0 Å². The SMILES string of the molecule is CCc1nn(CC)c(COC(C)(C)C)c1Br. The minimum Gasteiger partial charge on any atom is -0.370 e. The van der Waals surface area contributed by atoms with Crippen molar-refractivity contribution in [3.05, 3.63) is 15.9 Å². The highest BCUT2D eigenvalue weighted by molar-refractivity contribution is 9.10. The number of halogens is 1. The van der Waals surface area contributed by atoms with Gasteiger partial charge in [-0.15, -0.1) is 0 Å². The summed E-state index contributed by atoms with van der Waals surface area (Å²) in [6.07, 6.45) is 0.941. The number of hydrogen-bond donors (Lipinski definition) is 0. The summed E-state index contributed by atoms with van der Waals surface area (Å²) >= 11 is 3.61. The van der Waals surface area contributed by atoms with Crippen LogP contribution in [0, 0.1) is 0 Å². The quantitative estimate of drug-likeness (QED) is 0.847. The average Bonchev–Trinajstić information content (AvgIpc) is 2.50. The van der Waals surface area contributed by atoms with Gasteiger partial charge in [-0.25, -0.2) is 0 Å². The molecule has 4 heteroatoms. The van der Waals surface area contributed by atoms with E-state index in [9.17, 15) is 0 Å². The monoisotopic (exact) mass is 288 g/mol. The lowest BCUT2D eigenvalue weighted by Crippen LogP contribution is -2.20. The minimum atomic E-state index is -0.116. The first-order valence-corrected chi connectivity index (χ1v) is 6.56. The second kappa shape index (κ2) is 5.32. The number of rotatable bonds is 4. The molecule has 0 radical (unpaired) electrons. The molecule has 3 nitrogen and oxygen atoms in total. The molecule has 0 aliphatic carbocycles. The molecule has 16 heavy (non-hydrogen) atoms.